The van der Waals surface area contributed by atoms with Crippen LogP contribution >= 0.6 is 0 Å². The zero-order chi connectivity index (χ0) is 12.7. The molecule has 0 radical (unpaired) electrons. The number of amides is 1. The smallest absolute Gasteiger partial charge is 0.220 e. The molecule has 5 heteroatoms. The zero-order valence-corrected chi connectivity index (χ0v) is 10.5. The Labute approximate surface area is 103 Å². The van der Waals surface area contributed by atoms with Gasteiger partial charge in [-0.3, -0.25) is 4.79 Å². The summed E-state index contributed by atoms with van der Waals surface area (Å²) in [6.45, 7) is 3.30. The lowest BCUT2D eigenvalue weighted by Gasteiger charge is -2.31. The molecule has 17 heavy (non-hydrogen) atoms. The lowest BCUT2D eigenvalue weighted by atomic mass is 9.94. The maximum absolute atomic E-state index is 11.8. The number of hydrogen-bond donors (Lipinski definition) is 4. The average molecular weight is 244 g/mol. The molecule has 0 aromatic rings. The van der Waals surface area contributed by atoms with Crippen molar-refractivity contribution in [3.8, 4) is 0 Å². The Kier molecular flexibility index (Phi) is 5.88. The van der Waals surface area contributed by atoms with Crippen LogP contribution in [0.3, 0.4) is 0 Å². The third kappa shape index (κ3) is 4.26. The van der Waals surface area contributed by atoms with Gasteiger partial charge in [-0.1, -0.05) is 6.92 Å². The Balaban J connectivity index is 2.41. The van der Waals surface area contributed by atoms with Crippen molar-refractivity contribution < 1.29 is 15.0 Å². The average Bonchev–Trinajstić information content (AvgIpc) is 2.37. The fraction of sp³-hybridized carbons (Fsp3) is 0.917. The normalized spacial score (nSPS) is 21.2. The Morgan fingerprint density at radius 2 is 2.18 bits per heavy atom. The fourth-order valence-electron chi connectivity index (χ4n) is 2.15. The molecule has 5 nitrogen and oxygen atoms in total. The molecule has 1 rings (SSSR count). The second-order valence-electron chi connectivity index (χ2n) is 4.91. The molecule has 0 aromatic heterocycles. The van der Waals surface area contributed by atoms with Gasteiger partial charge in [-0.2, -0.15) is 0 Å². The van der Waals surface area contributed by atoms with E-state index in [1.165, 1.54) is 0 Å². The van der Waals surface area contributed by atoms with Gasteiger partial charge in [-0.25, -0.2) is 0 Å². The number of aliphatic hydroxyl groups is 2. The topological polar surface area (TPSA) is 81.6 Å². The van der Waals surface area contributed by atoms with Crippen LogP contribution in [0.4, 0.5) is 0 Å². The van der Waals surface area contributed by atoms with E-state index < -0.39 is 5.54 Å². The minimum atomic E-state index is -0.862. The van der Waals surface area contributed by atoms with Crippen LogP contribution in [-0.2, 0) is 4.79 Å². The van der Waals surface area contributed by atoms with Gasteiger partial charge in [0.15, 0.2) is 0 Å². The Morgan fingerprint density at radius 3 is 2.65 bits per heavy atom. The first-order valence-corrected chi connectivity index (χ1v) is 6.39. The maximum atomic E-state index is 11.8. The van der Waals surface area contributed by atoms with E-state index in [0.29, 0.717) is 18.8 Å². The lowest BCUT2D eigenvalue weighted by molar-refractivity contribution is -0.125. The van der Waals surface area contributed by atoms with Gasteiger partial charge in [-0.05, 0) is 38.3 Å². The molecule has 1 atom stereocenters. The molecule has 0 spiro atoms. The van der Waals surface area contributed by atoms with E-state index in [1.54, 1.807) is 0 Å². The molecule has 0 aromatic carbocycles. The largest absolute Gasteiger partial charge is 0.394 e. The Morgan fingerprint density at radius 1 is 1.47 bits per heavy atom. The van der Waals surface area contributed by atoms with Crippen molar-refractivity contribution in [3.05, 3.63) is 0 Å². The highest BCUT2D eigenvalue weighted by molar-refractivity contribution is 5.77. The van der Waals surface area contributed by atoms with E-state index in [9.17, 15) is 15.0 Å². The van der Waals surface area contributed by atoms with Crippen molar-refractivity contribution in [1.29, 1.82) is 0 Å². The molecular formula is C12H24N2O3. The van der Waals surface area contributed by atoms with Crippen molar-refractivity contribution in [2.75, 3.05) is 26.3 Å². The van der Waals surface area contributed by atoms with Crippen molar-refractivity contribution in [3.63, 3.8) is 0 Å². The Hall–Kier alpha value is -0.650. The van der Waals surface area contributed by atoms with Crippen LogP contribution in [0.25, 0.3) is 0 Å². The summed E-state index contributed by atoms with van der Waals surface area (Å²) < 4.78 is 0. The second-order valence-corrected chi connectivity index (χ2v) is 4.91. The minimum Gasteiger partial charge on any atom is -0.394 e. The van der Waals surface area contributed by atoms with E-state index in [4.69, 9.17) is 0 Å². The first-order valence-electron chi connectivity index (χ1n) is 6.39. The minimum absolute atomic E-state index is 0.0800. The van der Waals surface area contributed by atoms with Gasteiger partial charge in [0.2, 0.25) is 5.91 Å². The van der Waals surface area contributed by atoms with Gasteiger partial charge >= 0.3 is 0 Å². The summed E-state index contributed by atoms with van der Waals surface area (Å²) in [5.74, 6) is 0.291. The summed E-state index contributed by atoms with van der Waals surface area (Å²) in [6, 6.07) is 0. The monoisotopic (exact) mass is 244 g/mol. The number of rotatable bonds is 6. The van der Waals surface area contributed by atoms with E-state index in [2.05, 4.69) is 10.6 Å². The molecule has 1 saturated heterocycles. The van der Waals surface area contributed by atoms with Gasteiger partial charge in [0.05, 0.1) is 18.8 Å². The standard InChI is InChI=1S/C12H24N2O3/c1-2-12(8-15,9-16)14-11(17)6-10-4-3-5-13-7-10/h10,13,15-16H,2-9H2,1H3,(H,14,17). The van der Waals surface area contributed by atoms with E-state index in [-0.39, 0.29) is 19.1 Å². The third-order valence-electron chi connectivity index (χ3n) is 3.56. The van der Waals surface area contributed by atoms with Crippen LogP contribution in [0.2, 0.25) is 0 Å². The number of carbonyl (C=O) groups excluding carboxylic acids is 1. The van der Waals surface area contributed by atoms with Crippen LogP contribution in [0.15, 0.2) is 0 Å². The third-order valence-corrected chi connectivity index (χ3v) is 3.56. The molecule has 4 N–H and O–H groups in total. The van der Waals surface area contributed by atoms with E-state index in [1.807, 2.05) is 6.92 Å². The zero-order valence-electron chi connectivity index (χ0n) is 10.5. The van der Waals surface area contributed by atoms with Crippen molar-refractivity contribution >= 4 is 5.91 Å². The van der Waals surface area contributed by atoms with Gasteiger partial charge in [0, 0.05) is 6.42 Å². The van der Waals surface area contributed by atoms with Crippen LogP contribution in [-0.4, -0.2) is 48.0 Å². The highest BCUT2D eigenvalue weighted by atomic mass is 16.3. The van der Waals surface area contributed by atoms with Crippen LogP contribution in [0.1, 0.15) is 32.6 Å². The molecule has 1 unspecified atom stereocenters. The first kappa shape index (κ1) is 14.4. The summed E-state index contributed by atoms with van der Waals surface area (Å²) in [7, 11) is 0. The predicted octanol–water partition coefficient (Wildman–Crippen LogP) is -0.374. The summed E-state index contributed by atoms with van der Waals surface area (Å²) in [5, 5.41) is 24.5. The number of carbonyl (C=O) groups is 1. The van der Waals surface area contributed by atoms with Crippen molar-refractivity contribution in [1.82, 2.24) is 10.6 Å². The quantitative estimate of drug-likeness (QED) is 0.514. The second kappa shape index (κ2) is 6.93. The van der Waals surface area contributed by atoms with Gasteiger partial charge in [0.1, 0.15) is 0 Å². The SMILES string of the molecule is CCC(CO)(CO)NC(=O)CC1CCCNC1. The van der Waals surface area contributed by atoms with Gasteiger partial charge in [-0.15, -0.1) is 0 Å². The Bertz CT molecular complexity index is 228. The molecule has 0 bridgehead atoms. The molecule has 0 aliphatic carbocycles. The molecule has 1 heterocycles. The summed E-state index contributed by atoms with van der Waals surface area (Å²) >= 11 is 0. The molecule has 1 amide bonds. The number of piperidine rings is 1. The van der Waals surface area contributed by atoms with Crippen LogP contribution < -0.4 is 10.6 Å². The number of nitrogens with one attached hydrogen (secondary N) is 2. The number of hydrogen-bond acceptors (Lipinski definition) is 4. The molecule has 1 aliphatic rings. The van der Waals surface area contributed by atoms with Gasteiger partial charge in [0.25, 0.3) is 0 Å². The summed E-state index contributed by atoms with van der Waals surface area (Å²) in [4.78, 5) is 11.8. The van der Waals surface area contributed by atoms with Crippen LogP contribution in [0, 0.1) is 5.92 Å². The molecule has 1 fully saturated rings. The molecular weight excluding hydrogens is 220 g/mol. The van der Waals surface area contributed by atoms with Crippen molar-refractivity contribution in [2.24, 2.45) is 5.92 Å². The van der Waals surface area contributed by atoms with Gasteiger partial charge < -0.3 is 20.8 Å². The predicted molar refractivity (Wildman–Crippen MR) is 65.5 cm³/mol. The summed E-state index contributed by atoms with van der Waals surface area (Å²) in [6.07, 6.45) is 3.16. The molecule has 0 saturated carbocycles. The lowest BCUT2D eigenvalue weighted by Crippen LogP contribution is -2.54. The number of aliphatic hydroxyl groups excluding tert-OH is 2. The highest BCUT2D eigenvalue weighted by Gasteiger charge is 2.29. The van der Waals surface area contributed by atoms with Crippen molar-refractivity contribution in [2.45, 2.75) is 38.1 Å². The first-order chi connectivity index (χ1) is 8.15. The summed E-state index contributed by atoms with van der Waals surface area (Å²) in [5.41, 5.74) is -0.862. The van der Waals surface area contributed by atoms with E-state index >= 15 is 0 Å². The maximum Gasteiger partial charge on any atom is 0.220 e. The molecule has 100 valence electrons. The van der Waals surface area contributed by atoms with E-state index in [0.717, 1.165) is 25.9 Å². The fourth-order valence-corrected chi connectivity index (χ4v) is 2.15. The van der Waals surface area contributed by atoms with Crippen LogP contribution in [0.5, 0.6) is 0 Å². The highest BCUT2D eigenvalue weighted by Crippen LogP contribution is 2.15. The molecule has 1 aliphatic heterocycles.